The molecule has 0 radical (unpaired) electrons. The lowest BCUT2D eigenvalue weighted by molar-refractivity contribution is -0.149. The van der Waals surface area contributed by atoms with Crippen LogP contribution in [0.4, 0.5) is 5.69 Å². The molecule has 1 aromatic heterocycles. The van der Waals surface area contributed by atoms with E-state index in [1.807, 2.05) is 0 Å². The number of rotatable bonds is 4. The minimum atomic E-state index is -1.14. The van der Waals surface area contributed by atoms with E-state index in [1.165, 1.54) is 21.6 Å². The molecule has 8 nitrogen and oxygen atoms in total. The van der Waals surface area contributed by atoms with Gasteiger partial charge in [0.1, 0.15) is 22.7 Å². The molecule has 2 aromatic rings. The Morgan fingerprint density at radius 3 is 2.89 bits per heavy atom. The molecule has 3 heterocycles. The van der Waals surface area contributed by atoms with Crippen LogP contribution < -0.4 is 10.6 Å². The number of thioether (sulfide) groups is 1. The van der Waals surface area contributed by atoms with E-state index in [-0.39, 0.29) is 12.2 Å². The van der Waals surface area contributed by atoms with Gasteiger partial charge in [-0.25, -0.2) is 4.79 Å². The van der Waals surface area contributed by atoms with Gasteiger partial charge in [-0.15, -0.1) is 11.8 Å². The highest BCUT2D eigenvalue weighted by Gasteiger charge is 2.56. The van der Waals surface area contributed by atoms with Crippen molar-refractivity contribution in [3.05, 3.63) is 41.8 Å². The predicted octanol–water partition coefficient (Wildman–Crippen LogP) is 1.37. The first kappa shape index (κ1) is 17.6. The summed E-state index contributed by atoms with van der Waals surface area (Å²) >= 11 is 1.44. The zero-order valence-corrected chi connectivity index (χ0v) is 15.2. The average Bonchev–Trinajstić information content (AvgIpc) is 3.12. The molecule has 2 unspecified atom stereocenters. The van der Waals surface area contributed by atoms with Gasteiger partial charge in [0, 0.05) is 16.8 Å². The molecule has 1 fully saturated rings. The van der Waals surface area contributed by atoms with Gasteiger partial charge in [-0.2, -0.15) is 0 Å². The fraction of sp³-hybridized carbons (Fsp3) is 0.278. The number of hydrogen-bond acceptors (Lipinski definition) is 6. The number of carboxylic acids is 1. The van der Waals surface area contributed by atoms with Crippen LogP contribution in [-0.4, -0.2) is 51.5 Å². The Balaban J connectivity index is 1.74. The van der Waals surface area contributed by atoms with Crippen LogP contribution in [0.3, 0.4) is 0 Å². The summed E-state index contributed by atoms with van der Waals surface area (Å²) in [5.74, 6) is -1.48. The van der Waals surface area contributed by atoms with Crippen LogP contribution in [0.2, 0.25) is 0 Å². The second-order valence-corrected chi connectivity index (χ2v) is 7.50. The monoisotopic (exact) mass is 387 g/mol. The molecule has 2 atom stereocenters. The van der Waals surface area contributed by atoms with Crippen LogP contribution in [-0.2, 0) is 14.4 Å². The number of nitrogens with zero attached hydrogens (tertiary/aromatic N) is 2. The number of fused-ring (bicyclic) bond motifs is 2. The second-order valence-electron chi connectivity index (χ2n) is 6.40. The van der Waals surface area contributed by atoms with Crippen molar-refractivity contribution in [3.8, 4) is 0 Å². The number of nitrogens with two attached hydrogens (primary N) is 1. The van der Waals surface area contributed by atoms with Crippen LogP contribution in [0.5, 0.6) is 0 Å². The molecule has 0 saturated carbocycles. The smallest absolute Gasteiger partial charge is 0.352 e. The number of carbonyl (C=O) groups is 3. The number of hydrogen-bond donors (Lipinski definition) is 2. The molecule has 0 spiro atoms. The highest BCUT2D eigenvalue weighted by Crippen LogP contribution is 2.43. The van der Waals surface area contributed by atoms with Gasteiger partial charge in [-0.3, -0.25) is 19.4 Å². The highest BCUT2D eigenvalue weighted by molar-refractivity contribution is 8.00. The fourth-order valence-electron chi connectivity index (χ4n) is 3.52. The summed E-state index contributed by atoms with van der Waals surface area (Å²) < 4.78 is 5.32. The maximum absolute atomic E-state index is 12.9. The van der Waals surface area contributed by atoms with Gasteiger partial charge in [-0.05, 0) is 36.8 Å². The minimum absolute atomic E-state index is 0.00503. The molecule has 3 N–H and O–H groups in total. The zero-order valence-electron chi connectivity index (χ0n) is 14.4. The molecule has 2 aliphatic rings. The predicted molar refractivity (Wildman–Crippen MR) is 100.0 cm³/mol. The van der Waals surface area contributed by atoms with E-state index < -0.39 is 29.2 Å². The SMILES string of the molecule is CC1=C(C(=O)O)N2C(=O)C(N(C(=O)CN)c3ccc4occc4c3)C2SC1. The van der Waals surface area contributed by atoms with Gasteiger partial charge in [0.05, 0.1) is 12.8 Å². The third-order valence-electron chi connectivity index (χ3n) is 4.77. The summed E-state index contributed by atoms with van der Waals surface area (Å²) in [6, 6.07) is 6.15. The first-order valence-electron chi connectivity index (χ1n) is 8.31. The fourth-order valence-corrected chi connectivity index (χ4v) is 4.86. The number of β-lactam (4-membered cyclic amide) rings is 1. The third kappa shape index (κ3) is 2.62. The highest BCUT2D eigenvalue weighted by atomic mass is 32.2. The van der Waals surface area contributed by atoms with Gasteiger partial charge in [-0.1, -0.05) is 0 Å². The molecule has 9 heteroatoms. The first-order valence-corrected chi connectivity index (χ1v) is 9.36. The molecule has 140 valence electrons. The average molecular weight is 387 g/mol. The van der Waals surface area contributed by atoms with E-state index in [1.54, 1.807) is 37.5 Å². The maximum atomic E-state index is 12.9. The summed E-state index contributed by atoms with van der Waals surface area (Å²) in [4.78, 5) is 39.7. The molecule has 27 heavy (non-hydrogen) atoms. The van der Waals surface area contributed by atoms with Crippen LogP contribution in [0, 0.1) is 0 Å². The second kappa shape index (κ2) is 6.43. The van der Waals surface area contributed by atoms with Crippen molar-refractivity contribution in [1.82, 2.24) is 4.90 Å². The topological polar surface area (TPSA) is 117 Å². The normalized spacial score (nSPS) is 21.9. The van der Waals surface area contributed by atoms with Crippen molar-refractivity contribution in [1.29, 1.82) is 0 Å². The molecule has 0 aliphatic carbocycles. The lowest BCUT2D eigenvalue weighted by atomic mass is 10.00. The first-order chi connectivity index (χ1) is 12.9. The Kier molecular flexibility index (Phi) is 4.20. The third-order valence-corrected chi connectivity index (χ3v) is 6.18. The maximum Gasteiger partial charge on any atom is 0.352 e. The molecule has 1 aromatic carbocycles. The lowest BCUT2D eigenvalue weighted by Crippen LogP contribution is -2.72. The number of amides is 2. The van der Waals surface area contributed by atoms with E-state index in [0.717, 1.165) is 5.39 Å². The standard InChI is InChI=1S/C18H17N3O5S/c1-9-8-27-17-15(16(23)21(17)14(9)18(24)25)20(13(22)7-19)11-2-3-12-10(6-11)4-5-26-12/h2-6,15,17H,7-8,19H2,1H3,(H,24,25). The van der Waals surface area contributed by atoms with Crippen molar-refractivity contribution in [2.75, 3.05) is 17.2 Å². The summed E-state index contributed by atoms with van der Waals surface area (Å²) in [7, 11) is 0. The van der Waals surface area contributed by atoms with Gasteiger partial charge in [0.2, 0.25) is 5.91 Å². The van der Waals surface area contributed by atoms with Crippen LogP contribution >= 0.6 is 11.8 Å². The Morgan fingerprint density at radius 1 is 1.41 bits per heavy atom. The number of furan rings is 1. The Bertz CT molecular complexity index is 998. The van der Waals surface area contributed by atoms with E-state index in [9.17, 15) is 19.5 Å². The van der Waals surface area contributed by atoms with Crippen LogP contribution in [0.15, 0.2) is 46.2 Å². The number of carboxylic acid groups (broad SMARTS) is 1. The van der Waals surface area contributed by atoms with Gasteiger partial charge in [0.25, 0.3) is 5.91 Å². The van der Waals surface area contributed by atoms with Crippen molar-refractivity contribution in [3.63, 3.8) is 0 Å². The van der Waals surface area contributed by atoms with Crippen molar-refractivity contribution >= 4 is 46.2 Å². The van der Waals surface area contributed by atoms with E-state index in [0.29, 0.717) is 22.6 Å². The number of anilines is 1. The number of benzene rings is 1. The van der Waals surface area contributed by atoms with E-state index in [2.05, 4.69) is 0 Å². The number of carbonyl (C=O) groups excluding carboxylic acids is 2. The summed E-state index contributed by atoms with van der Waals surface area (Å²) in [5, 5.41) is 9.81. The molecule has 1 saturated heterocycles. The molecule has 2 aliphatic heterocycles. The molecular weight excluding hydrogens is 370 g/mol. The summed E-state index contributed by atoms with van der Waals surface area (Å²) in [6.07, 6.45) is 1.55. The van der Waals surface area contributed by atoms with Crippen molar-refractivity contribution in [2.24, 2.45) is 5.73 Å². The summed E-state index contributed by atoms with van der Waals surface area (Å²) in [6.45, 7) is 1.44. The molecule has 4 rings (SSSR count). The lowest BCUT2D eigenvalue weighted by Gasteiger charge is -2.52. The van der Waals surface area contributed by atoms with Gasteiger partial charge in [0.15, 0.2) is 0 Å². The zero-order chi connectivity index (χ0) is 19.3. The van der Waals surface area contributed by atoms with Crippen molar-refractivity contribution in [2.45, 2.75) is 18.3 Å². The molecule has 0 bridgehead atoms. The van der Waals surface area contributed by atoms with Gasteiger partial charge < -0.3 is 15.3 Å². The molecular formula is C18H17N3O5S. The van der Waals surface area contributed by atoms with E-state index >= 15 is 0 Å². The summed E-state index contributed by atoms with van der Waals surface area (Å²) in [5.41, 5.74) is 7.42. The number of aliphatic carboxylic acids is 1. The Labute approximate surface area is 158 Å². The van der Waals surface area contributed by atoms with Crippen LogP contribution in [0.1, 0.15) is 6.92 Å². The minimum Gasteiger partial charge on any atom is -0.477 e. The van der Waals surface area contributed by atoms with E-state index in [4.69, 9.17) is 10.2 Å². The molecule has 2 amide bonds. The van der Waals surface area contributed by atoms with Gasteiger partial charge >= 0.3 is 5.97 Å². The quantitative estimate of drug-likeness (QED) is 0.761. The Morgan fingerprint density at radius 2 is 2.19 bits per heavy atom. The Hall–Kier alpha value is -2.78. The van der Waals surface area contributed by atoms with Crippen molar-refractivity contribution < 1.29 is 23.9 Å². The van der Waals surface area contributed by atoms with Crippen LogP contribution in [0.25, 0.3) is 11.0 Å². The largest absolute Gasteiger partial charge is 0.477 e.